The lowest BCUT2D eigenvalue weighted by Crippen LogP contribution is -2.46. The number of alkyl halides is 6. The SMILES string of the molecule is ClCCOCOCC(COCOCCCl)(COCOCCCl)COCC(COCOCCCl)(COCOCCCl)COCOCCCl. The van der Waals surface area contributed by atoms with Gasteiger partial charge in [0.2, 0.25) is 0 Å². The van der Waals surface area contributed by atoms with Crippen LogP contribution >= 0.6 is 69.6 Å². The van der Waals surface area contributed by atoms with Crippen LogP contribution in [0.2, 0.25) is 0 Å². The van der Waals surface area contributed by atoms with E-state index in [1.54, 1.807) is 0 Å². The van der Waals surface area contributed by atoms with Crippen molar-refractivity contribution < 1.29 is 61.6 Å². The molecule has 0 bridgehead atoms. The molecule has 0 unspecified atom stereocenters. The van der Waals surface area contributed by atoms with Crippen LogP contribution < -0.4 is 0 Å². The predicted molar refractivity (Wildman–Crippen MR) is 181 cm³/mol. The van der Waals surface area contributed by atoms with Gasteiger partial charge in [0.25, 0.3) is 0 Å². The molecule has 0 N–H and O–H groups in total. The van der Waals surface area contributed by atoms with Gasteiger partial charge in [-0.2, -0.15) is 0 Å². The van der Waals surface area contributed by atoms with Crippen LogP contribution in [-0.4, -0.2) is 169 Å². The van der Waals surface area contributed by atoms with Crippen molar-refractivity contribution in [2.45, 2.75) is 0 Å². The molecule has 0 spiro atoms. The van der Waals surface area contributed by atoms with Gasteiger partial charge in [-0.25, -0.2) is 0 Å². The van der Waals surface area contributed by atoms with Gasteiger partial charge in [-0.3, -0.25) is 0 Å². The number of hydrogen-bond acceptors (Lipinski definition) is 13. The van der Waals surface area contributed by atoms with Crippen molar-refractivity contribution in [3.8, 4) is 0 Å². The number of rotatable bonds is 40. The summed E-state index contributed by atoms with van der Waals surface area (Å²) >= 11 is 34.4. The van der Waals surface area contributed by atoms with Crippen molar-refractivity contribution in [2.75, 3.05) is 169 Å². The van der Waals surface area contributed by atoms with Crippen molar-refractivity contribution in [3.63, 3.8) is 0 Å². The maximum absolute atomic E-state index is 6.38. The molecule has 0 aromatic carbocycles. The van der Waals surface area contributed by atoms with Crippen molar-refractivity contribution in [1.29, 1.82) is 0 Å². The summed E-state index contributed by atoms with van der Waals surface area (Å²) < 4.78 is 73.9. The van der Waals surface area contributed by atoms with E-state index in [1.807, 2.05) is 0 Å². The first-order valence-electron chi connectivity index (χ1n) is 14.9. The fourth-order valence-corrected chi connectivity index (χ4v) is 4.22. The molecule has 0 aromatic rings. The van der Waals surface area contributed by atoms with Crippen molar-refractivity contribution in [2.24, 2.45) is 10.8 Å². The monoisotopic (exact) mass is 806 g/mol. The maximum Gasteiger partial charge on any atom is 0.146 e. The number of hydrogen-bond donors (Lipinski definition) is 0. The van der Waals surface area contributed by atoms with Crippen LogP contribution in [0.3, 0.4) is 0 Å². The van der Waals surface area contributed by atoms with Crippen LogP contribution in [0.1, 0.15) is 0 Å². The summed E-state index contributed by atoms with van der Waals surface area (Å²) in [5.74, 6) is 1.99. The normalized spacial score (nSPS) is 12.4. The van der Waals surface area contributed by atoms with Gasteiger partial charge in [-0.15, -0.1) is 69.6 Å². The topological polar surface area (TPSA) is 120 Å². The summed E-state index contributed by atoms with van der Waals surface area (Å²) in [6, 6.07) is 0. The Hall–Kier alpha value is 1.22. The van der Waals surface area contributed by atoms with Gasteiger partial charge in [-0.1, -0.05) is 0 Å². The first kappa shape index (κ1) is 48.2. The van der Waals surface area contributed by atoms with Crippen LogP contribution in [0, 0.1) is 10.8 Å². The Morgan fingerprint density at radius 3 is 0.574 bits per heavy atom. The fraction of sp³-hybridized carbons (Fsp3) is 1.00. The van der Waals surface area contributed by atoms with Gasteiger partial charge in [0.15, 0.2) is 0 Å². The Bertz CT molecular complexity index is 515. The van der Waals surface area contributed by atoms with E-state index >= 15 is 0 Å². The molecule has 0 aliphatic heterocycles. The van der Waals surface area contributed by atoms with Crippen LogP contribution in [0.25, 0.3) is 0 Å². The quantitative estimate of drug-likeness (QED) is 0.0497. The van der Waals surface area contributed by atoms with E-state index in [1.165, 1.54) is 0 Å². The fourth-order valence-electron chi connectivity index (χ4n) is 3.57. The Kier molecular flexibility index (Phi) is 38.0. The summed E-state index contributed by atoms with van der Waals surface area (Å²) in [5, 5.41) is 0. The summed E-state index contributed by atoms with van der Waals surface area (Å²) in [4.78, 5) is 0. The van der Waals surface area contributed by atoms with E-state index in [4.69, 9.17) is 131 Å². The molecule has 0 saturated carbocycles. The molecule has 0 aromatic heterocycles. The second-order valence-corrected chi connectivity index (χ2v) is 12.1. The molecule has 0 saturated heterocycles. The van der Waals surface area contributed by atoms with E-state index in [0.29, 0.717) is 74.9 Å². The number of halogens is 6. The molecular weight excluding hydrogens is 757 g/mol. The first-order chi connectivity index (χ1) is 23.1. The standard InChI is InChI=1S/C28H52Cl6O13/c29-1-7-35-21-42-15-27(16-43-22-36-8-2-30,17-44-23-37-9-3-31)13-41-14-28(18-45-24-38-10-4-32,19-46-25-39-11-5-33)20-47-26-40-12-6-34/h1-26H2. The van der Waals surface area contributed by atoms with Crippen molar-refractivity contribution in [1.82, 2.24) is 0 Å². The van der Waals surface area contributed by atoms with Crippen LogP contribution in [0.15, 0.2) is 0 Å². The smallest absolute Gasteiger partial charge is 0.146 e. The highest BCUT2D eigenvalue weighted by atomic mass is 35.5. The molecule has 0 atom stereocenters. The summed E-state index contributed by atoms with van der Waals surface area (Å²) in [7, 11) is 0. The predicted octanol–water partition coefficient (Wildman–Crippen LogP) is 4.35. The van der Waals surface area contributed by atoms with Gasteiger partial charge < -0.3 is 61.6 Å². The zero-order valence-corrected chi connectivity index (χ0v) is 31.5. The first-order valence-corrected chi connectivity index (χ1v) is 18.1. The second kappa shape index (κ2) is 37.0. The van der Waals surface area contributed by atoms with Gasteiger partial charge in [-0.05, 0) is 0 Å². The van der Waals surface area contributed by atoms with Crippen LogP contribution in [0.4, 0.5) is 0 Å². The van der Waals surface area contributed by atoms with E-state index in [2.05, 4.69) is 0 Å². The van der Waals surface area contributed by atoms with Crippen LogP contribution in [0.5, 0.6) is 0 Å². The summed E-state index contributed by atoms with van der Waals surface area (Å²) in [6.07, 6.45) is 0. The molecule has 0 fully saturated rings. The molecular formula is C28H52Cl6O13. The molecule has 0 radical (unpaired) electrons. The highest BCUT2D eigenvalue weighted by molar-refractivity contribution is 6.18. The van der Waals surface area contributed by atoms with E-state index in [9.17, 15) is 0 Å². The zero-order chi connectivity index (χ0) is 34.6. The minimum absolute atomic E-state index is 0.00628. The maximum atomic E-state index is 6.38. The van der Waals surface area contributed by atoms with E-state index in [0.717, 1.165) is 0 Å². The Morgan fingerprint density at radius 2 is 0.404 bits per heavy atom. The third-order valence-corrected chi connectivity index (χ3v) is 6.52. The van der Waals surface area contributed by atoms with Gasteiger partial charge in [0, 0.05) is 35.3 Å². The lowest BCUT2D eigenvalue weighted by Gasteiger charge is -2.36. The molecule has 13 nitrogen and oxygen atoms in total. The minimum atomic E-state index is -0.830. The molecule has 0 heterocycles. The highest BCUT2D eigenvalue weighted by Gasteiger charge is 2.37. The van der Waals surface area contributed by atoms with Crippen molar-refractivity contribution in [3.05, 3.63) is 0 Å². The Morgan fingerprint density at radius 1 is 0.234 bits per heavy atom. The molecule has 19 heteroatoms. The largest absolute Gasteiger partial charge is 0.380 e. The average molecular weight is 809 g/mol. The summed E-state index contributed by atoms with van der Waals surface area (Å²) in [6.45, 7) is 3.09. The number of ether oxygens (including phenoxy) is 13. The van der Waals surface area contributed by atoms with E-state index in [-0.39, 0.29) is 93.6 Å². The highest BCUT2D eigenvalue weighted by Crippen LogP contribution is 2.26. The van der Waals surface area contributed by atoms with Crippen molar-refractivity contribution >= 4 is 69.6 Å². The molecule has 0 aliphatic carbocycles. The van der Waals surface area contributed by atoms with Gasteiger partial charge in [0.05, 0.1) is 103 Å². The molecule has 47 heavy (non-hydrogen) atoms. The lowest BCUT2D eigenvalue weighted by atomic mass is 9.90. The zero-order valence-electron chi connectivity index (χ0n) is 27.0. The molecule has 0 aliphatic rings. The van der Waals surface area contributed by atoms with Crippen LogP contribution in [-0.2, 0) is 61.6 Å². The molecule has 0 rings (SSSR count). The average Bonchev–Trinajstić information content (AvgIpc) is 3.07. The summed E-state index contributed by atoms with van der Waals surface area (Å²) in [5.41, 5.74) is -1.66. The second-order valence-electron chi connectivity index (χ2n) is 9.87. The van der Waals surface area contributed by atoms with E-state index < -0.39 is 10.8 Å². The van der Waals surface area contributed by atoms with Gasteiger partial charge >= 0.3 is 0 Å². The Balaban J connectivity index is 5.87. The molecule has 284 valence electrons. The molecule has 0 amide bonds. The third kappa shape index (κ3) is 29.5. The Labute approximate surface area is 309 Å². The van der Waals surface area contributed by atoms with Gasteiger partial charge in [0.1, 0.15) is 40.8 Å². The lowest BCUT2D eigenvalue weighted by molar-refractivity contribution is -0.192. The third-order valence-electron chi connectivity index (χ3n) is 5.59. The minimum Gasteiger partial charge on any atom is -0.380 e.